The number of hydrogen-bond acceptors (Lipinski definition) is 3. The van der Waals surface area contributed by atoms with Crippen molar-refractivity contribution in [1.29, 1.82) is 0 Å². The van der Waals surface area contributed by atoms with Crippen LogP contribution in [0.4, 0.5) is 5.69 Å². The van der Waals surface area contributed by atoms with Gasteiger partial charge in [0.1, 0.15) is 11.5 Å². The number of anilines is 1. The molecule has 126 valence electrons. The molecule has 4 nitrogen and oxygen atoms in total. The maximum Gasteiger partial charge on any atom is 0.237 e. The first-order chi connectivity index (χ1) is 11.4. The van der Waals surface area contributed by atoms with Crippen molar-refractivity contribution in [3.63, 3.8) is 0 Å². The number of ether oxygens (including phenoxy) is 1. The molecule has 1 amide bonds. The van der Waals surface area contributed by atoms with Crippen molar-refractivity contribution >= 4 is 11.6 Å². The molecule has 0 fully saturated rings. The minimum absolute atomic E-state index is 0.0767. The van der Waals surface area contributed by atoms with Crippen LogP contribution in [0.5, 0.6) is 11.5 Å². The van der Waals surface area contributed by atoms with Crippen LogP contribution in [0.2, 0.25) is 0 Å². The van der Waals surface area contributed by atoms with Gasteiger partial charge in [0.25, 0.3) is 0 Å². The SMILES string of the molecule is CCN1C(=O)C(C)(Cc2cc(OC)ccc2O)c2cc(C)ccc21. The molecule has 24 heavy (non-hydrogen) atoms. The number of aromatic hydroxyl groups is 1. The van der Waals surface area contributed by atoms with E-state index in [4.69, 9.17) is 4.74 Å². The summed E-state index contributed by atoms with van der Waals surface area (Å²) in [5.41, 5.74) is 3.15. The van der Waals surface area contributed by atoms with E-state index in [1.54, 1.807) is 25.3 Å². The Morgan fingerprint density at radius 3 is 2.62 bits per heavy atom. The zero-order chi connectivity index (χ0) is 17.5. The van der Waals surface area contributed by atoms with E-state index >= 15 is 0 Å². The fraction of sp³-hybridized carbons (Fsp3) is 0.350. The first kappa shape index (κ1) is 16.4. The number of likely N-dealkylation sites (N-methyl/N-ethyl adjacent to an activating group) is 1. The van der Waals surface area contributed by atoms with Crippen LogP contribution in [0.15, 0.2) is 36.4 Å². The van der Waals surface area contributed by atoms with Gasteiger partial charge in [0.05, 0.1) is 12.5 Å². The molecule has 1 N–H and O–H groups in total. The number of benzene rings is 2. The number of carbonyl (C=O) groups is 1. The highest BCUT2D eigenvalue weighted by molar-refractivity contribution is 6.08. The molecule has 0 saturated carbocycles. The Morgan fingerprint density at radius 2 is 1.96 bits per heavy atom. The fourth-order valence-electron chi connectivity index (χ4n) is 3.55. The molecule has 1 aliphatic rings. The summed E-state index contributed by atoms with van der Waals surface area (Å²) in [5.74, 6) is 0.940. The number of carbonyl (C=O) groups excluding carboxylic acids is 1. The summed E-state index contributed by atoms with van der Waals surface area (Å²) in [6, 6.07) is 11.3. The molecule has 1 unspecified atom stereocenters. The molecule has 1 atom stereocenters. The van der Waals surface area contributed by atoms with Crippen molar-refractivity contribution in [2.24, 2.45) is 0 Å². The van der Waals surface area contributed by atoms with Gasteiger partial charge in [-0.2, -0.15) is 0 Å². The van der Waals surface area contributed by atoms with Crippen LogP contribution in [0.25, 0.3) is 0 Å². The third-order valence-electron chi connectivity index (χ3n) is 4.90. The second kappa shape index (κ2) is 5.86. The van der Waals surface area contributed by atoms with Crippen molar-refractivity contribution in [2.75, 3.05) is 18.6 Å². The molecule has 1 aliphatic heterocycles. The molecule has 0 aromatic heterocycles. The first-order valence-electron chi connectivity index (χ1n) is 8.19. The fourth-order valence-corrected chi connectivity index (χ4v) is 3.55. The molecule has 0 radical (unpaired) electrons. The molecule has 0 bridgehead atoms. The number of nitrogens with zero attached hydrogens (tertiary/aromatic N) is 1. The number of hydrogen-bond donors (Lipinski definition) is 1. The molecule has 1 heterocycles. The Morgan fingerprint density at radius 1 is 1.21 bits per heavy atom. The monoisotopic (exact) mass is 325 g/mol. The van der Waals surface area contributed by atoms with E-state index in [1.807, 2.05) is 37.8 Å². The Labute approximate surface area is 142 Å². The highest BCUT2D eigenvalue weighted by atomic mass is 16.5. The van der Waals surface area contributed by atoms with Gasteiger partial charge in [-0.05, 0) is 62.6 Å². The normalized spacial score (nSPS) is 19.5. The molecule has 0 spiro atoms. The lowest BCUT2D eigenvalue weighted by Crippen LogP contribution is -2.39. The van der Waals surface area contributed by atoms with Gasteiger partial charge in [0, 0.05) is 12.2 Å². The third-order valence-corrected chi connectivity index (χ3v) is 4.90. The Hall–Kier alpha value is -2.49. The summed E-state index contributed by atoms with van der Waals surface area (Å²) in [7, 11) is 1.59. The topological polar surface area (TPSA) is 49.8 Å². The number of phenols is 1. The lowest BCUT2D eigenvalue weighted by atomic mass is 9.77. The van der Waals surface area contributed by atoms with Gasteiger partial charge < -0.3 is 14.7 Å². The van der Waals surface area contributed by atoms with Crippen LogP contribution in [-0.2, 0) is 16.6 Å². The maximum atomic E-state index is 13.1. The molecule has 0 aliphatic carbocycles. The largest absolute Gasteiger partial charge is 0.508 e. The summed E-state index contributed by atoms with van der Waals surface area (Å²) in [4.78, 5) is 14.9. The average Bonchev–Trinajstić information content (AvgIpc) is 2.77. The van der Waals surface area contributed by atoms with Crippen LogP contribution in [0.1, 0.15) is 30.5 Å². The Kier molecular flexibility index (Phi) is 3.99. The summed E-state index contributed by atoms with van der Waals surface area (Å²) >= 11 is 0. The second-order valence-corrected chi connectivity index (χ2v) is 6.57. The number of methoxy groups -OCH3 is 1. The summed E-state index contributed by atoms with van der Waals surface area (Å²) in [6.07, 6.45) is 0.432. The van der Waals surface area contributed by atoms with Crippen molar-refractivity contribution in [3.05, 3.63) is 53.1 Å². The lowest BCUT2D eigenvalue weighted by Gasteiger charge is -2.25. The predicted molar refractivity (Wildman–Crippen MR) is 94.9 cm³/mol. The summed E-state index contributed by atoms with van der Waals surface area (Å²) in [6.45, 7) is 6.61. The van der Waals surface area contributed by atoms with E-state index in [2.05, 4.69) is 6.07 Å². The van der Waals surface area contributed by atoms with Crippen LogP contribution in [0.3, 0.4) is 0 Å². The van der Waals surface area contributed by atoms with Gasteiger partial charge >= 0.3 is 0 Å². The quantitative estimate of drug-likeness (QED) is 0.935. The molecule has 0 saturated heterocycles. The Balaban J connectivity index is 2.10. The van der Waals surface area contributed by atoms with Crippen molar-refractivity contribution in [3.8, 4) is 11.5 Å². The number of aryl methyl sites for hydroxylation is 1. The van der Waals surface area contributed by atoms with Crippen molar-refractivity contribution in [2.45, 2.75) is 32.6 Å². The summed E-state index contributed by atoms with van der Waals surface area (Å²) < 4.78 is 5.26. The van der Waals surface area contributed by atoms with Gasteiger partial charge in [-0.1, -0.05) is 17.7 Å². The smallest absolute Gasteiger partial charge is 0.237 e. The lowest BCUT2D eigenvalue weighted by molar-refractivity contribution is -0.122. The zero-order valence-corrected chi connectivity index (χ0v) is 14.6. The van der Waals surface area contributed by atoms with Crippen molar-refractivity contribution in [1.82, 2.24) is 0 Å². The number of rotatable bonds is 4. The minimum Gasteiger partial charge on any atom is -0.508 e. The van der Waals surface area contributed by atoms with Gasteiger partial charge in [0.2, 0.25) is 5.91 Å². The molecular weight excluding hydrogens is 302 g/mol. The second-order valence-electron chi connectivity index (χ2n) is 6.57. The maximum absolute atomic E-state index is 13.1. The van der Waals surface area contributed by atoms with E-state index in [-0.39, 0.29) is 11.7 Å². The van der Waals surface area contributed by atoms with E-state index < -0.39 is 5.41 Å². The predicted octanol–water partition coefficient (Wildman–Crippen LogP) is 3.58. The number of phenolic OH excluding ortho intramolecular Hbond substituents is 1. The standard InChI is InChI=1S/C20H23NO3/c1-5-21-17-8-6-13(2)10-16(17)20(3,19(21)23)12-14-11-15(24-4)7-9-18(14)22/h6-11,22H,5,12H2,1-4H3. The van der Waals surface area contributed by atoms with E-state index in [0.717, 1.165) is 22.4 Å². The zero-order valence-electron chi connectivity index (χ0n) is 14.6. The number of fused-ring (bicyclic) bond motifs is 1. The highest BCUT2D eigenvalue weighted by Gasteiger charge is 2.47. The first-order valence-corrected chi connectivity index (χ1v) is 8.19. The van der Waals surface area contributed by atoms with Crippen LogP contribution in [0, 0.1) is 6.92 Å². The van der Waals surface area contributed by atoms with Gasteiger partial charge in [-0.15, -0.1) is 0 Å². The third kappa shape index (κ3) is 2.42. The molecule has 3 rings (SSSR count). The minimum atomic E-state index is -0.693. The molecular formula is C20H23NO3. The van der Waals surface area contributed by atoms with Crippen LogP contribution >= 0.6 is 0 Å². The van der Waals surface area contributed by atoms with Crippen LogP contribution in [-0.4, -0.2) is 24.7 Å². The van der Waals surface area contributed by atoms with E-state index in [9.17, 15) is 9.90 Å². The Bertz CT molecular complexity index is 799. The molecule has 2 aromatic carbocycles. The van der Waals surface area contributed by atoms with Gasteiger partial charge in [-0.3, -0.25) is 4.79 Å². The van der Waals surface area contributed by atoms with E-state index in [1.165, 1.54) is 0 Å². The highest BCUT2D eigenvalue weighted by Crippen LogP contribution is 2.45. The van der Waals surface area contributed by atoms with Crippen LogP contribution < -0.4 is 9.64 Å². The molecule has 4 heteroatoms. The summed E-state index contributed by atoms with van der Waals surface area (Å²) in [5, 5.41) is 10.2. The molecule has 2 aromatic rings. The number of amides is 1. The van der Waals surface area contributed by atoms with Crippen molar-refractivity contribution < 1.29 is 14.6 Å². The van der Waals surface area contributed by atoms with Gasteiger partial charge in [0.15, 0.2) is 0 Å². The average molecular weight is 325 g/mol. The van der Waals surface area contributed by atoms with Gasteiger partial charge in [-0.25, -0.2) is 0 Å². The van der Waals surface area contributed by atoms with E-state index in [0.29, 0.717) is 18.7 Å².